The van der Waals surface area contributed by atoms with Crippen molar-refractivity contribution in [3.05, 3.63) is 53.1 Å². The zero-order valence-corrected chi connectivity index (χ0v) is 21.6. The zero-order chi connectivity index (χ0) is 18.8. The summed E-state index contributed by atoms with van der Waals surface area (Å²) in [5, 5.41) is 10.7. The average molecular weight is 448 g/mol. The number of phenolic OH excluding ortho intramolecular Hbond substituents is 1. The van der Waals surface area contributed by atoms with Gasteiger partial charge in [-0.1, -0.05) is 74.4 Å². The van der Waals surface area contributed by atoms with Crippen LogP contribution in [-0.2, 0) is 38.0 Å². The molecule has 1 aromatic carbocycles. The molecule has 0 atom stereocenters. The Balaban J connectivity index is -0.000000625. The van der Waals surface area contributed by atoms with Gasteiger partial charge < -0.3 is 5.11 Å². The summed E-state index contributed by atoms with van der Waals surface area (Å²) in [5.41, 5.74) is 3.37. The number of aromatic hydroxyl groups is 1. The molecular formula is C23H37Cl2OTi-. The van der Waals surface area contributed by atoms with Gasteiger partial charge in [-0.25, -0.2) is 12.2 Å². The molecule has 1 aromatic rings. The topological polar surface area (TPSA) is 20.2 Å². The van der Waals surface area contributed by atoms with Gasteiger partial charge in [0.25, 0.3) is 0 Å². The summed E-state index contributed by atoms with van der Waals surface area (Å²) in [6, 6.07) is 4.34. The van der Waals surface area contributed by atoms with Gasteiger partial charge in [-0.2, -0.15) is 6.08 Å². The fourth-order valence-electron chi connectivity index (χ4n) is 2.55. The molecule has 0 heterocycles. The van der Waals surface area contributed by atoms with E-state index in [2.05, 4.69) is 86.6 Å². The van der Waals surface area contributed by atoms with Crippen molar-refractivity contribution in [2.45, 2.75) is 85.0 Å². The summed E-state index contributed by atoms with van der Waals surface area (Å²) in [7, 11) is 0. The average Bonchev–Trinajstić information content (AvgIpc) is 2.93. The normalized spacial score (nSPS) is 12.9. The molecule has 27 heavy (non-hydrogen) atoms. The summed E-state index contributed by atoms with van der Waals surface area (Å²) in [6.07, 6.45) is 10.0. The maximum atomic E-state index is 10.7. The fraction of sp³-hybridized carbons (Fsp3) is 0.565. The molecule has 154 valence electrons. The van der Waals surface area contributed by atoms with E-state index in [1.807, 2.05) is 12.2 Å². The van der Waals surface area contributed by atoms with Crippen LogP contribution in [0.5, 0.6) is 5.75 Å². The molecule has 0 bridgehead atoms. The molecule has 4 heteroatoms. The number of allylic oxidation sites excluding steroid dienone is 4. The number of halogens is 2. The van der Waals surface area contributed by atoms with Crippen LogP contribution >= 0.6 is 24.8 Å². The monoisotopic (exact) mass is 447 g/mol. The van der Waals surface area contributed by atoms with E-state index in [0.29, 0.717) is 5.75 Å². The Morgan fingerprint density at radius 1 is 0.778 bits per heavy atom. The van der Waals surface area contributed by atoms with E-state index in [1.165, 1.54) is 5.56 Å². The molecule has 1 nitrogen and oxygen atoms in total. The van der Waals surface area contributed by atoms with E-state index < -0.39 is 0 Å². The van der Waals surface area contributed by atoms with Crippen LogP contribution in [0.1, 0.15) is 85.4 Å². The standard InChI is InChI=1S/C18H30O.C5H5.2ClH.Ti/c1-16(2,3)12-10-13(17(4,5)6)15(19)14(11-12)18(7,8)9;1-2-4-5-3-1;;;/h10-11,19H,1-9H3;1-3H,4H2;2*1H;/q;-1;;;. The maximum Gasteiger partial charge on any atom is 0.123 e. The minimum Gasteiger partial charge on any atom is -0.507 e. The van der Waals surface area contributed by atoms with E-state index in [0.717, 1.165) is 17.5 Å². The molecule has 1 aliphatic rings. The second-order valence-corrected chi connectivity index (χ2v) is 9.67. The van der Waals surface area contributed by atoms with Crippen LogP contribution in [0.4, 0.5) is 0 Å². The second kappa shape index (κ2) is 11.7. The Morgan fingerprint density at radius 2 is 1.19 bits per heavy atom. The molecule has 0 saturated heterocycles. The second-order valence-electron chi connectivity index (χ2n) is 9.67. The van der Waals surface area contributed by atoms with Crippen molar-refractivity contribution < 1.29 is 26.8 Å². The number of hydrogen-bond acceptors (Lipinski definition) is 1. The minimum atomic E-state index is -0.0503. The Bertz CT molecular complexity index is 582. The van der Waals surface area contributed by atoms with Crippen LogP contribution in [0.25, 0.3) is 0 Å². The Labute approximate surface area is 194 Å². The van der Waals surface area contributed by atoms with Crippen LogP contribution in [0, 0.1) is 6.08 Å². The van der Waals surface area contributed by atoms with E-state index in [9.17, 15) is 5.11 Å². The van der Waals surface area contributed by atoms with Gasteiger partial charge in [0.2, 0.25) is 0 Å². The molecule has 0 aliphatic heterocycles. The molecule has 0 spiro atoms. The molecule has 0 radical (unpaired) electrons. The molecule has 1 aliphatic carbocycles. The van der Waals surface area contributed by atoms with Gasteiger partial charge in [-0.05, 0) is 32.9 Å². The van der Waals surface area contributed by atoms with Crippen LogP contribution in [0.2, 0.25) is 0 Å². The van der Waals surface area contributed by atoms with Crippen molar-refractivity contribution in [2.24, 2.45) is 0 Å². The van der Waals surface area contributed by atoms with Gasteiger partial charge in [0.15, 0.2) is 0 Å². The number of phenols is 1. The molecule has 0 saturated carbocycles. The number of benzene rings is 1. The summed E-state index contributed by atoms with van der Waals surface area (Å²) >= 11 is 0. The van der Waals surface area contributed by atoms with Crippen LogP contribution in [0.3, 0.4) is 0 Å². The van der Waals surface area contributed by atoms with Crippen LogP contribution in [0.15, 0.2) is 30.4 Å². The maximum absolute atomic E-state index is 10.7. The minimum absolute atomic E-state index is 0. The van der Waals surface area contributed by atoms with E-state index >= 15 is 0 Å². The van der Waals surface area contributed by atoms with E-state index in [-0.39, 0.29) is 62.8 Å². The third-order valence-electron chi connectivity index (χ3n) is 4.18. The molecule has 0 amide bonds. The third kappa shape index (κ3) is 9.70. The third-order valence-corrected chi connectivity index (χ3v) is 4.18. The smallest absolute Gasteiger partial charge is 0.123 e. The van der Waals surface area contributed by atoms with Gasteiger partial charge in [0.05, 0.1) is 0 Å². The molecule has 0 aromatic heterocycles. The molecule has 0 unspecified atom stereocenters. The Hall–Kier alpha value is -0.206. The first-order chi connectivity index (χ1) is 10.7. The first-order valence-electron chi connectivity index (χ1n) is 8.85. The first-order valence-corrected chi connectivity index (χ1v) is 8.85. The molecule has 1 N–H and O–H groups in total. The fourth-order valence-corrected chi connectivity index (χ4v) is 2.55. The number of rotatable bonds is 0. The predicted octanol–water partition coefficient (Wildman–Crippen LogP) is 7.43. The van der Waals surface area contributed by atoms with Crippen LogP contribution < -0.4 is 0 Å². The Morgan fingerprint density at radius 3 is 1.37 bits per heavy atom. The van der Waals surface area contributed by atoms with Gasteiger partial charge in [-0.3, -0.25) is 6.08 Å². The van der Waals surface area contributed by atoms with Crippen molar-refractivity contribution in [2.75, 3.05) is 0 Å². The van der Waals surface area contributed by atoms with E-state index in [1.54, 1.807) is 0 Å². The van der Waals surface area contributed by atoms with Gasteiger partial charge in [0.1, 0.15) is 5.75 Å². The van der Waals surface area contributed by atoms with Gasteiger partial charge in [-0.15, -0.1) is 31.2 Å². The Kier molecular flexibility index (Phi) is 13.7. The van der Waals surface area contributed by atoms with Crippen molar-refractivity contribution in [1.82, 2.24) is 0 Å². The van der Waals surface area contributed by atoms with Crippen molar-refractivity contribution in [3.8, 4) is 5.75 Å². The summed E-state index contributed by atoms with van der Waals surface area (Å²) in [6.45, 7) is 19.6. The van der Waals surface area contributed by atoms with Crippen molar-refractivity contribution in [3.63, 3.8) is 0 Å². The molecule has 0 fully saturated rings. The predicted molar refractivity (Wildman–Crippen MR) is 120 cm³/mol. The van der Waals surface area contributed by atoms with Gasteiger partial charge in [0, 0.05) is 21.7 Å². The first kappa shape index (κ1) is 31.5. The zero-order valence-electron chi connectivity index (χ0n) is 18.4. The summed E-state index contributed by atoms with van der Waals surface area (Å²) in [4.78, 5) is 0. The van der Waals surface area contributed by atoms with Gasteiger partial charge >= 0.3 is 0 Å². The molecule has 2 rings (SSSR count). The van der Waals surface area contributed by atoms with Crippen molar-refractivity contribution >= 4 is 24.8 Å². The van der Waals surface area contributed by atoms with Crippen molar-refractivity contribution in [1.29, 1.82) is 0 Å². The van der Waals surface area contributed by atoms with E-state index in [4.69, 9.17) is 0 Å². The largest absolute Gasteiger partial charge is 0.507 e. The summed E-state index contributed by atoms with van der Waals surface area (Å²) in [5.74, 6) is 0.466. The SMILES string of the molecule is CC(C)(C)c1cc(C(C)(C)C)c(O)c(C(C)(C)C)c1.Cl.Cl.[C-]1=CC=CC1.[Ti]. The number of hydrogen-bond donors (Lipinski definition) is 1. The summed E-state index contributed by atoms with van der Waals surface area (Å²) < 4.78 is 0. The molecular weight excluding hydrogens is 411 g/mol. The quantitative estimate of drug-likeness (QED) is 0.323. The van der Waals surface area contributed by atoms with Crippen LogP contribution in [-0.4, -0.2) is 5.11 Å².